The fourth-order valence-electron chi connectivity index (χ4n) is 2.98. The van der Waals surface area contributed by atoms with E-state index in [1.54, 1.807) is 78.9 Å². The zero-order chi connectivity index (χ0) is 22.9. The molecule has 0 aliphatic carbocycles. The van der Waals surface area contributed by atoms with Crippen molar-refractivity contribution in [1.82, 2.24) is 0 Å². The quantitative estimate of drug-likeness (QED) is 0.351. The van der Waals surface area contributed by atoms with E-state index in [0.717, 1.165) is 0 Å². The number of rotatable bonds is 10. The molecule has 0 aliphatic heterocycles. The van der Waals surface area contributed by atoms with Gasteiger partial charge >= 0.3 is 5.97 Å². The summed E-state index contributed by atoms with van der Waals surface area (Å²) in [5.41, 5.74) is 1.34. The van der Waals surface area contributed by atoms with Crippen molar-refractivity contribution >= 4 is 34.8 Å². The number of ketones is 2. The molecule has 0 fully saturated rings. The van der Waals surface area contributed by atoms with E-state index in [1.807, 2.05) is 0 Å². The highest BCUT2D eigenvalue weighted by Gasteiger charge is 2.25. The maximum absolute atomic E-state index is 12.8. The van der Waals surface area contributed by atoms with Crippen molar-refractivity contribution < 1.29 is 23.9 Å². The Morgan fingerprint density at radius 1 is 0.844 bits per heavy atom. The van der Waals surface area contributed by atoms with Crippen LogP contribution in [0.3, 0.4) is 0 Å². The first-order valence-corrected chi connectivity index (χ1v) is 10.3. The number of anilines is 1. The Hall–Kier alpha value is -3.64. The number of carbonyl (C=O) groups is 3. The minimum Gasteiger partial charge on any atom is -0.497 e. The van der Waals surface area contributed by atoms with E-state index < -0.39 is 18.6 Å². The molecule has 32 heavy (non-hydrogen) atoms. The molecule has 0 saturated carbocycles. The standard InChI is InChI=1S/C25H22ClNO5/c1-31-19-13-11-18(12-14-19)24(29)16-32-25(30)22(27-21-10-6-5-9-20(21)26)15-23(28)17-7-3-2-4-8-17/h2-14,22,27H,15-16H2,1H3/t22-/m0/s1. The molecule has 7 heteroatoms. The van der Waals surface area contributed by atoms with Crippen molar-refractivity contribution in [2.75, 3.05) is 19.0 Å². The molecule has 164 valence electrons. The van der Waals surface area contributed by atoms with Crippen LogP contribution in [-0.4, -0.2) is 37.3 Å². The largest absolute Gasteiger partial charge is 0.497 e. The summed E-state index contributed by atoms with van der Waals surface area (Å²) in [7, 11) is 1.53. The summed E-state index contributed by atoms with van der Waals surface area (Å²) in [6.07, 6.45) is -0.162. The number of ether oxygens (including phenoxy) is 2. The molecule has 0 aliphatic rings. The van der Waals surface area contributed by atoms with Gasteiger partial charge in [-0.1, -0.05) is 54.1 Å². The van der Waals surface area contributed by atoms with Crippen molar-refractivity contribution in [1.29, 1.82) is 0 Å². The first-order chi connectivity index (χ1) is 15.5. The topological polar surface area (TPSA) is 81.7 Å². The van der Waals surface area contributed by atoms with E-state index in [0.29, 0.717) is 27.6 Å². The molecule has 0 unspecified atom stereocenters. The van der Waals surface area contributed by atoms with Crippen LogP contribution in [0.2, 0.25) is 5.02 Å². The Kier molecular flexibility index (Phi) is 8.00. The number of hydrogen-bond acceptors (Lipinski definition) is 6. The smallest absolute Gasteiger partial charge is 0.329 e. The van der Waals surface area contributed by atoms with E-state index in [1.165, 1.54) is 7.11 Å². The molecule has 1 atom stereocenters. The van der Waals surface area contributed by atoms with Crippen molar-refractivity contribution in [3.63, 3.8) is 0 Å². The van der Waals surface area contributed by atoms with Gasteiger partial charge in [-0.15, -0.1) is 0 Å². The van der Waals surface area contributed by atoms with E-state index in [2.05, 4.69) is 5.32 Å². The van der Waals surface area contributed by atoms with Crippen molar-refractivity contribution in [2.45, 2.75) is 12.5 Å². The second-order valence-corrected chi connectivity index (χ2v) is 7.34. The van der Waals surface area contributed by atoms with Crippen LogP contribution in [0, 0.1) is 0 Å². The molecule has 3 rings (SSSR count). The summed E-state index contributed by atoms with van der Waals surface area (Å²) >= 11 is 6.19. The molecule has 0 bridgehead atoms. The Balaban J connectivity index is 1.70. The van der Waals surface area contributed by atoms with Gasteiger partial charge in [0.1, 0.15) is 11.8 Å². The van der Waals surface area contributed by atoms with Gasteiger partial charge in [-0.05, 0) is 36.4 Å². The molecule has 0 heterocycles. The third kappa shape index (κ3) is 6.18. The predicted molar refractivity (Wildman–Crippen MR) is 123 cm³/mol. The molecule has 0 spiro atoms. The van der Waals surface area contributed by atoms with E-state index >= 15 is 0 Å². The minimum atomic E-state index is -1.02. The van der Waals surface area contributed by atoms with E-state index in [-0.39, 0.29) is 18.0 Å². The zero-order valence-electron chi connectivity index (χ0n) is 17.4. The SMILES string of the molecule is COc1ccc(C(=O)COC(=O)[C@H](CC(=O)c2ccccc2)Nc2ccccc2Cl)cc1. The van der Waals surface area contributed by atoms with Crippen molar-refractivity contribution in [2.24, 2.45) is 0 Å². The number of methoxy groups -OCH3 is 1. The van der Waals surface area contributed by atoms with Gasteiger partial charge in [0, 0.05) is 17.5 Å². The molecule has 0 aromatic heterocycles. The highest BCUT2D eigenvalue weighted by atomic mass is 35.5. The average molecular weight is 452 g/mol. The summed E-state index contributed by atoms with van der Waals surface area (Å²) < 4.78 is 10.3. The molecule has 0 saturated heterocycles. The van der Waals surface area contributed by atoms with Crippen LogP contribution in [0.25, 0.3) is 0 Å². The lowest BCUT2D eigenvalue weighted by Crippen LogP contribution is -2.35. The number of carbonyl (C=O) groups excluding carboxylic acids is 3. The van der Waals surface area contributed by atoms with Crippen LogP contribution in [-0.2, 0) is 9.53 Å². The first kappa shape index (κ1) is 23.0. The highest BCUT2D eigenvalue weighted by molar-refractivity contribution is 6.33. The molecular weight excluding hydrogens is 430 g/mol. The van der Waals surface area contributed by atoms with E-state index in [4.69, 9.17) is 21.1 Å². The summed E-state index contributed by atoms with van der Waals surface area (Å²) in [5, 5.41) is 3.37. The van der Waals surface area contributed by atoms with Gasteiger partial charge in [0.15, 0.2) is 18.2 Å². The van der Waals surface area contributed by atoms with E-state index in [9.17, 15) is 14.4 Å². The van der Waals surface area contributed by atoms with Crippen LogP contribution < -0.4 is 10.1 Å². The van der Waals surface area contributed by atoms with Crippen molar-refractivity contribution in [3.8, 4) is 5.75 Å². The maximum Gasteiger partial charge on any atom is 0.329 e. The maximum atomic E-state index is 12.8. The molecule has 1 N–H and O–H groups in total. The normalized spacial score (nSPS) is 11.3. The minimum absolute atomic E-state index is 0.162. The number of para-hydroxylation sites is 1. The van der Waals surface area contributed by atoms with Crippen LogP contribution >= 0.6 is 11.6 Å². The van der Waals surface area contributed by atoms with Gasteiger partial charge < -0.3 is 14.8 Å². The summed E-state index contributed by atoms with van der Waals surface area (Å²) in [5.74, 6) is -0.724. The van der Waals surface area contributed by atoms with Crippen LogP contribution in [0.15, 0.2) is 78.9 Å². The van der Waals surface area contributed by atoms with Gasteiger partial charge in [0.25, 0.3) is 0 Å². The number of halogens is 1. The van der Waals surface area contributed by atoms with Crippen molar-refractivity contribution in [3.05, 3.63) is 95.0 Å². The number of esters is 1. The molecule has 6 nitrogen and oxygen atoms in total. The highest BCUT2D eigenvalue weighted by Crippen LogP contribution is 2.23. The van der Waals surface area contributed by atoms with Gasteiger partial charge in [-0.3, -0.25) is 9.59 Å². The Morgan fingerprint density at radius 3 is 2.12 bits per heavy atom. The third-order valence-electron chi connectivity index (χ3n) is 4.73. The van der Waals surface area contributed by atoms with Gasteiger partial charge in [0.05, 0.1) is 17.8 Å². The lowest BCUT2D eigenvalue weighted by atomic mass is 10.0. The molecule has 0 amide bonds. The van der Waals surface area contributed by atoms with Crippen LogP contribution in [0.5, 0.6) is 5.75 Å². The second-order valence-electron chi connectivity index (χ2n) is 6.93. The van der Waals surface area contributed by atoms with Gasteiger partial charge in [-0.2, -0.15) is 0 Å². The predicted octanol–water partition coefficient (Wildman–Crippen LogP) is 4.83. The fourth-order valence-corrected chi connectivity index (χ4v) is 3.17. The van der Waals surface area contributed by atoms with Crippen LogP contribution in [0.4, 0.5) is 5.69 Å². The summed E-state index contributed by atoms with van der Waals surface area (Å²) in [6.45, 7) is -0.453. The number of hydrogen-bond donors (Lipinski definition) is 1. The molecule has 3 aromatic carbocycles. The number of nitrogens with one attached hydrogen (secondary N) is 1. The molecular formula is C25H22ClNO5. The summed E-state index contributed by atoms with van der Waals surface area (Å²) in [6, 6.07) is 21.0. The lowest BCUT2D eigenvalue weighted by molar-refractivity contribution is -0.143. The third-order valence-corrected chi connectivity index (χ3v) is 5.06. The van der Waals surface area contributed by atoms with Gasteiger partial charge in [0.2, 0.25) is 0 Å². The monoisotopic (exact) mass is 451 g/mol. The Morgan fingerprint density at radius 2 is 1.47 bits per heavy atom. The number of benzene rings is 3. The second kappa shape index (κ2) is 11.1. The summed E-state index contributed by atoms with van der Waals surface area (Å²) in [4.78, 5) is 37.9. The first-order valence-electron chi connectivity index (χ1n) is 9.91. The zero-order valence-corrected chi connectivity index (χ0v) is 18.2. The molecule has 0 radical (unpaired) electrons. The average Bonchev–Trinajstić information content (AvgIpc) is 2.83. The Labute approximate surface area is 191 Å². The fraction of sp³-hybridized carbons (Fsp3) is 0.160. The van der Waals surface area contributed by atoms with Crippen LogP contribution in [0.1, 0.15) is 27.1 Å². The lowest BCUT2D eigenvalue weighted by Gasteiger charge is -2.19. The number of Topliss-reactive ketones (excluding diaryl/α,β-unsaturated/α-hetero) is 2. The van der Waals surface area contributed by atoms with Gasteiger partial charge in [-0.25, -0.2) is 4.79 Å². The Bertz CT molecular complexity index is 1080. The molecule has 3 aromatic rings.